The summed E-state index contributed by atoms with van der Waals surface area (Å²) in [7, 11) is 0. The molecule has 0 heterocycles. The predicted octanol–water partition coefficient (Wildman–Crippen LogP) is 4.14. The van der Waals surface area contributed by atoms with Crippen LogP contribution in [0.15, 0.2) is 0 Å². The molecule has 0 spiro atoms. The Labute approximate surface area is 132 Å². The van der Waals surface area contributed by atoms with E-state index in [0.717, 1.165) is 0 Å². The number of unbranched alkanes of at least 4 members (excludes halogenated alkanes) is 2. The summed E-state index contributed by atoms with van der Waals surface area (Å²) >= 11 is 0. The van der Waals surface area contributed by atoms with Gasteiger partial charge < -0.3 is 15.3 Å². The van der Waals surface area contributed by atoms with Crippen LogP contribution in [0.3, 0.4) is 0 Å². The van der Waals surface area contributed by atoms with E-state index >= 15 is 0 Å². The normalized spacial score (nSPS) is 12.0. The Kier molecular flexibility index (Phi) is 14.9. The fraction of sp³-hybridized carbons (Fsp3) is 1.00. The minimum absolute atomic E-state index is 0.156. The van der Waals surface area contributed by atoms with Crippen molar-refractivity contribution in [3.8, 4) is 0 Å². The van der Waals surface area contributed by atoms with Crippen LogP contribution in [0.4, 0.5) is 0 Å². The highest BCUT2D eigenvalue weighted by molar-refractivity contribution is 4.75. The Bertz CT molecular complexity index is 183. The topological polar surface area (TPSA) is 60.7 Å². The zero-order valence-corrected chi connectivity index (χ0v) is 15.1. The Balaban J connectivity index is 0. The molecule has 0 aliphatic carbocycles. The van der Waals surface area contributed by atoms with E-state index in [9.17, 15) is 0 Å². The van der Waals surface area contributed by atoms with Crippen molar-refractivity contribution < 1.29 is 15.3 Å². The third kappa shape index (κ3) is 8.80. The van der Waals surface area contributed by atoms with Gasteiger partial charge in [0.1, 0.15) is 0 Å². The Morgan fingerprint density at radius 3 is 1.14 bits per heavy atom. The van der Waals surface area contributed by atoms with Crippen LogP contribution in [0.5, 0.6) is 0 Å². The van der Waals surface area contributed by atoms with Gasteiger partial charge in [-0.3, -0.25) is 0 Å². The molecule has 0 radical (unpaired) electrons. The van der Waals surface area contributed by atoms with E-state index in [1.54, 1.807) is 0 Å². The molecule has 3 heteroatoms. The molecule has 21 heavy (non-hydrogen) atoms. The van der Waals surface area contributed by atoms with Gasteiger partial charge in [0, 0.05) is 5.41 Å². The van der Waals surface area contributed by atoms with E-state index in [1.165, 1.54) is 44.9 Å². The first-order valence-electron chi connectivity index (χ1n) is 8.81. The van der Waals surface area contributed by atoms with Crippen molar-refractivity contribution in [1.29, 1.82) is 0 Å². The van der Waals surface area contributed by atoms with Gasteiger partial charge in [0.25, 0.3) is 0 Å². The van der Waals surface area contributed by atoms with Gasteiger partial charge in [-0.05, 0) is 18.3 Å². The number of aliphatic hydroxyl groups is 3. The van der Waals surface area contributed by atoms with Gasteiger partial charge in [-0.15, -0.1) is 0 Å². The fourth-order valence-corrected chi connectivity index (χ4v) is 2.52. The van der Waals surface area contributed by atoms with Crippen molar-refractivity contribution in [1.82, 2.24) is 0 Å². The minimum Gasteiger partial charge on any atom is -0.396 e. The van der Waals surface area contributed by atoms with Crippen LogP contribution in [0.25, 0.3) is 0 Å². The van der Waals surface area contributed by atoms with E-state index in [0.29, 0.717) is 11.8 Å². The number of hydrogen-bond donors (Lipinski definition) is 3. The molecule has 3 nitrogen and oxygen atoms in total. The molecule has 3 N–H and O–H groups in total. The molecule has 130 valence electrons. The standard InChI is InChI=1S/C12H26.C6H14O3/c1-5-9-10-11-12(6-2,7-3)8-4;1-2-6(3-7,4-8)5-9/h5-11H2,1-4H3;7-9H,2-5H2,1H3. The number of aliphatic hydroxyl groups excluding tert-OH is 3. The zero-order valence-electron chi connectivity index (χ0n) is 15.1. The molecule has 0 aliphatic rings. The van der Waals surface area contributed by atoms with Gasteiger partial charge in [0.15, 0.2) is 0 Å². The average molecular weight is 305 g/mol. The maximum absolute atomic E-state index is 8.66. The van der Waals surface area contributed by atoms with Crippen molar-refractivity contribution in [2.24, 2.45) is 10.8 Å². The molecule has 0 aromatic heterocycles. The number of hydrogen-bond acceptors (Lipinski definition) is 3. The number of rotatable bonds is 11. The summed E-state index contributed by atoms with van der Waals surface area (Å²) in [6, 6.07) is 0. The van der Waals surface area contributed by atoms with Crippen LogP contribution in [-0.2, 0) is 0 Å². The summed E-state index contributed by atoms with van der Waals surface area (Å²) in [5, 5.41) is 26.0. The third-order valence-electron chi connectivity index (χ3n) is 5.32. The molecule has 0 amide bonds. The average Bonchev–Trinajstić information content (AvgIpc) is 2.56. The zero-order chi connectivity index (χ0) is 16.8. The van der Waals surface area contributed by atoms with Gasteiger partial charge in [-0.1, -0.05) is 73.1 Å². The molecule has 0 saturated carbocycles. The first-order chi connectivity index (χ1) is 9.99. The van der Waals surface area contributed by atoms with Crippen LogP contribution < -0.4 is 0 Å². The summed E-state index contributed by atoms with van der Waals surface area (Å²) in [6.45, 7) is 10.7. The molecule has 0 unspecified atom stereocenters. The maximum Gasteiger partial charge on any atom is 0.0531 e. The predicted molar refractivity (Wildman–Crippen MR) is 91.4 cm³/mol. The monoisotopic (exact) mass is 304 g/mol. The second kappa shape index (κ2) is 13.5. The van der Waals surface area contributed by atoms with Gasteiger partial charge in [-0.2, -0.15) is 0 Å². The van der Waals surface area contributed by atoms with Gasteiger partial charge >= 0.3 is 0 Å². The highest BCUT2D eigenvalue weighted by Gasteiger charge is 2.25. The van der Waals surface area contributed by atoms with Gasteiger partial charge in [0.05, 0.1) is 19.8 Å². The highest BCUT2D eigenvalue weighted by atomic mass is 16.3. The third-order valence-corrected chi connectivity index (χ3v) is 5.32. The molecule has 0 aromatic rings. The summed E-state index contributed by atoms with van der Waals surface area (Å²) in [5.41, 5.74) is 0.00910. The van der Waals surface area contributed by atoms with E-state index in [4.69, 9.17) is 15.3 Å². The van der Waals surface area contributed by atoms with E-state index in [1.807, 2.05) is 6.92 Å². The van der Waals surface area contributed by atoms with Crippen molar-refractivity contribution in [3.05, 3.63) is 0 Å². The largest absolute Gasteiger partial charge is 0.396 e. The molecular formula is C18H40O3. The molecule has 0 fully saturated rings. The Morgan fingerprint density at radius 2 is 0.952 bits per heavy atom. The van der Waals surface area contributed by atoms with Crippen molar-refractivity contribution in [2.45, 2.75) is 86.0 Å². The van der Waals surface area contributed by atoms with E-state index < -0.39 is 5.41 Å². The first kappa shape index (κ1) is 23.2. The lowest BCUT2D eigenvalue weighted by Gasteiger charge is -2.30. The Hall–Kier alpha value is -0.120. The van der Waals surface area contributed by atoms with Crippen LogP contribution in [0.1, 0.15) is 86.0 Å². The second-order valence-corrected chi connectivity index (χ2v) is 6.35. The van der Waals surface area contributed by atoms with Crippen LogP contribution in [0.2, 0.25) is 0 Å². The quantitative estimate of drug-likeness (QED) is 0.503. The lowest BCUT2D eigenvalue weighted by atomic mass is 9.76. The molecule has 0 bridgehead atoms. The van der Waals surface area contributed by atoms with Crippen LogP contribution >= 0.6 is 0 Å². The van der Waals surface area contributed by atoms with Crippen LogP contribution in [0, 0.1) is 10.8 Å². The lowest BCUT2D eigenvalue weighted by Crippen LogP contribution is -2.32. The molecule has 0 atom stereocenters. The smallest absolute Gasteiger partial charge is 0.0531 e. The van der Waals surface area contributed by atoms with E-state index in [-0.39, 0.29) is 19.8 Å². The maximum atomic E-state index is 8.66. The molecular weight excluding hydrogens is 264 g/mol. The summed E-state index contributed by atoms with van der Waals surface area (Å²) in [6.07, 6.45) is 10.3. The Morgan fingerprint density at radius 1 is 0.571 bits per heavy atom. The summed E-state index contributed by atoms with van der Waals surface area (Å²) in [5.74, 6) is 0. The van der Waals surface area contributed by atoms with E-state index in [2.05, 4.69) is 27.7 Å². The van der Waals surface area contributed by atoms with Gasteiger partial charge in [0.2, 0.25) is 0 Å². The van der Waals surface area contributed by atoms with Crippen LogP contribution in [-0.4, -0.2) is 35.1 Å². The second-order valence-electron chi connectivity index (χ2n) is 6.35. The molecule has 0 aliphatic heterocycles. The molecule has 0 rings (SSSR count). The minimum atomic E-state index is -0.667. The lowest BCUT2D eigenvalue weighted by molar-refractivity contribution is 0.00304. The van der Waals surface area contributed by atoms with Crippen molar-refractivity contribution in [3.63, 3.8) is 0 Å². The summed E-state index contributed by atoms with van der Waals surface area (Å²) < 4.78 is 0. The van der Waals surface area contributed by atoms with Crippen molar-refractivity contribution >= 4 is 0 Å². The molecule has 0 saturated heterocycles. The fourth-order valence-electron chi connectivity index (χ4n) is 2.52. The summed E-state index contributed by atoms with van der Waals surface area (Å²) in [4.78, 5) is 0. The SMILES string of the molecule is CCC(CO)(CO)CO.CCCCCC(CC)(CC)CC. The van der Waals surface area contributed by atoms with Gasteiger partial charge in [-0.25, -0.2) is 0 Å². The van der Waals surface area contributed by atoms with Crippen molar-refractivity contribution in [2.75, 3.05) is 19.8 Å². The first-order valence-corrected chi connectivity index (χ1v) is 8.81. The highest BCUT2D eigenvalue weighted by Crippen LogP contribution is 2.35. The molecule has 0 aromatic carbocycles.